The average molecular weight is 286 g/mol. The summed E-state index contributed by atoms with van der Waals surface area (Å²) in [5, 5.41) is 0. The molecular formula is C13H20BrNO. The van der Waals surface area contributed by atoms with Crippen molar-refractivity contribution < 1.29 is 4.74 Å². The molecule has 1 rings (SSSR count). The molecule has 1 unspecified atom stereocenters. The third-order valence-corrected chi connectivity index (χ3v) is 2.95. The average Bonchev–Trinajstić information content (AvgIpc) is 2.24. The van der Waals surface area contributed by atoms with E-state index < -0.39 is 0 Å². The normalized spacial score (nSPS) is 12.7. The van der Waals surface area contributed by atoms with Gasteiger partial charge in [-0.15, -0.1) is 0 Å². The summed E-state index contributed by atoms with van der Waals surface area (Å²) in [6.07, 6.45) is 3.00. The van der Waals surface area contributed by atoms with Crippen LogP contribution in [0.3, 0.4) is 0 Å². The van der Waals surface area contributed by atoms with Crippen molar-refractivity contribution in [1.82, 2.24) is 0 Å². The van der Waals surface area contributed by atoms with Gasteiger partial charge < -0.3 is 10.5 Å². The molecule has 0 aliphatic carbocycles. The van der Waals surface area contributed by atoms with Crippen LogP contribution in [0.25, 0.3) is 0 Å². The van der Waals surface area contributed by atoms with Crippen LogP contribution < -0.4 is 5.73 Å². The van der Waals surface area contributed by atoms with E-state index in [0.29, 0.717) is 0 Å². The van der Waals surface area contributed by atoms with Gasteiger partial charge in [-0.1, -0.05) is 28.1 Å². The van der Waals surface area contributed by atoms with Gasteiger partial charge >= 0.3 is 0 Å². The molecule has 1 aromatic carbocycles. The van der Waals surface area contributed by atoms with E-state index in [9.17, 15) is 0 Å². The Morgan fingerprint density at radius 1 is 1.44 bits per heavy atom. The molecule has 0 aliphatic rings. The molecule has 3 heteroatoms. The van der Waals surface area contributed by atoms with Crippen LogP contribution in [0.4, 0.5) is 0 Å². The fraction of sp³-hybridized carbons (Fsp3) is 0.538. The van der Waals surface area contributed by atoms with Crippen molar-refractivity contribution in [2.24, 2.45) is 5.73 Å². The summed E-state index contributed by atoms with van der Waals surface area (Å²) in [5.41, 5.74) is 7.36. The number of halogens is 1. The van der Waals surface area contributed by atoms with Crippen LogP contribution in [0, 0.1) is 0 Å². The molecule has 0 saturated heterocycles. The Kier molecular flexibility index (Phi) is 6.69. The molecule has 0 fully saturated rings. The van der Waals surface area contributed by atoms with Gasteiger partial charge in [0.05, 0.1) is 0 Å². The zero-order valence-electron chi connectivity index (χ0n) is 9.79. The number of nitrogens with two attached hydrogens (primary N) is 1. The fourth-order valence-corrected chi connectivity index (χ4v) is 2.11. The Hall–Kier alpha value is -0.380. The van der Waals surface area contributed by atoms with Crippen LogP contribution >= 0.6 is 15.9 Å². The van der Waals surface area contributed by atoms with E-state index in [1.807, 2.05) is 19.1 Å². The Balaban J connectivity index is 2.25. The van der Waals surface area contributed by atoms with E-state index in [0.717, 1.165) is 36.9 Å². The van der Waals surface area contributed by atoms with Gasteiger partial charge in [0.1, 0.15) is 0 Å². The third kappa shape index (κ3) is 5.64. The highest BCUT2D eigenvalue weighted by Crippen LogP contribution is 2.13. The molecule has 90 valence electrons. The SMILES string of the molecule is CCOCCCC(N)Cc1cccc(Br)c1. The number of ether oxygens (including phenoxy) is 1. The molecule has 2 N–H and O–H groups in total. The molecule has 0 radical (unpaired) electrons. The lowest BCUT2D eigenvalue weighted by atomic mass is 10.0. The molecule has 0 aliphatic heterocycles. The minimum atomic E-state index is 0.231. The number of hydrogen-bond acceptors (Lipinski definition) is 2. The van der Waals surface area contributed by atoms with E-state index in [1.54, 1.807) is 0 Å². The Labute approximate surface area is 106 Å². The zero-order chi connectivity index (χ0) is 11.8. The molecule has 0 bridgehead atoms. The number of benzene rings is 1. The first-order valence-corrected chi connectivity index (χ1v) is 6.59. The second-order valence-electron chi connectivity index (χ2n) is 3.93. The standard InChI is InChI=1S/C13H20BrNO/c1-2-16-8-4-7-13(15)10-11-5-3-6-12(14)9-11/h3,5-6,9,13H,2,4,7-8,10,15H2,1H3. The van der Waals surface area contributed by atoms with Crippen molar-refractivity contribution in [3.8, 4) is 0 Å². The van der Waals surface area contributed by atoms with Gasteiger partial charge in [-0.25, -0.2) is 0 Å². The first-order chi connectivity index (χ1) is 7.72. The molecule has 0 saturated carbocycles. The highest BCUT2D eigenvalue weighted by molar-refractivity contribution is 9.10. The molecule has 0 heterocycles. The summed E-state index contributed by atoms with van der Waals surface area (Å²) in [4.78, 5) is 0. The predicted octanol–water partition coefficient (Wildman–Crippen LogP) is 3.14. The monoisotopic (exact) mass is 285 g/mol. The summed E-state index contributed by atoms with van der Waals surface area (Å²) in [6.45, 7) is 3.63. The van der Waals surface area contributed by atoms with Gasteiger partial charge in [-0.05, 0) is 43.9 Å². The lowest BCUT2D eigenvalue weighted by Crippen LogP contribution is -2.23. The maximum atomic E-state index is 6.07. The van der Waals surface area contributed by atoms with Crippen molar-refractivity contribution in [1.29, 1.82) is 0 Å². The summed E-state index contributed by atoms with van der Waals surface area (Å²) in [5.74, 6) is 0. The van der Waals surface area contributed by atoms with Gasteiger partial charge in [-0.2, -0.15) is 0 Å². The second-order valence-corrected chi connectivity index (χ2v) is 4.85. The van der Waals surface area contributed by atoms with Crippen molar-refractivity contribution in [2.75, 3.05) is 13.2 Å². The Bertz CT molecular complexity index is 304. The van der Waals surface area contributed by atoms with Crippen molar-refractivity contribution >= 4 is 15.9 Å². The fourth-order valence-electron chi connectivity index (χ4n) is 1.66. The molecule has 16 heavy (non-hydrogen) atoms. The lowest BCUT2D eigenvalue weighted by Gasteiger charge is -2.11. The van der Waals surface area contributed by atoms with Crippen molar-refractivity contribution in [2.45, 2.75) is 32.2 Å². The summed E-state index contributed by atoms with van der Waals surface area (Å²) in [6, 6.07) is 8.56. The van der Waals surface area contributed by atoms with Crippen molar-refractivity contribution in [3.63, 3.8) is 0 Å². The van der Waals surface area contributed by atoms with E-state index in [-0.39, 0.29) is 6.04 Å². The second kappa shape index (κ2) is 7.82. The van der Waals surface area contributed by atoms with Crippen LogP contribution in [-0.2, 0) is 11.2 Å². The quantitative estimate of drug-likeness (QED) is 0.782. The predicted molar refractivity (Wildman–Crippen MR) is 71.5 cm³/mol. The van der Waals surface area contributed by atoms with Gasteiger partial charge in [0.15, 0.2) is 0 Å². The van der Waals surface area contributed by atoms with Crippen LogP contribution in [0.15, 0.2) is 28.7 Å². The van der Waals surface area contributed by atoms with Crippen LogP contribution in [0.2, 0.25) is 0 Å². The molecule has 0 spiro atoms. The lowest BCUT2D eigenvalue weighted by molar-refractivity contribution is 0.142. The third-order valence-electron chi connectivity index (χ3n) is 2.45. The maximum Gasteiger partial charge on any atom is 0.0466 e. The minimum absolute atomic E-state index is 0.231. The number of hydrogen-bond donors (Lipinski definition) is 1. The largest absolute Gasteiger partial charge is 0.382 e. The van der Waals surface area contributed by atoms with E-state index >= 15 is 0 Å². The van der Waals surface area contributed by atoms with Crippen LogP contribution in [-0.4, -0.2) is 19.3 Å². The van der Waals surface area contributed by atoms with E-state index in [2.05, 4.69) is 28.1 Å². The van der Waals surface area contributed by atoms with Gasteiger partial charge in [-0.3, -0.25) is 0 Å². The topological polar surface area (TPSA) is 35.2 Å². The Morgan fingerprint density at radius 3 is 2.94 bits per heavy atom. The Morgan fingerprint density at radius 2 is 2.25 bits per heavy atom. The van der Waals surface area contributed by atoms with Crippen LogP contribution in [0.1, 0.15) is 25.3 Å². The van der Waals surface area contributed by atoms with Gasteiger partial charge in [0.25, 0.3) is 0 Å². The molecule has 0 aromatic heterocycles. The smallest absolute Gasteiger partial charge is 0.0466 e. The van der Waals surface area contributed by atoms with Gasteiger partial charge in [0.2, 0.25) is 0 Å². The van der Waals surface area contributed by atoms with Crippen molar-refractivity contribution in [3.05, 3.63) is 34.3 Å². The summed E-state index contributed by atoms with van der Waals surface area (Å²) >= 11 is 3.46. The van der Waals surface area contributed by atoms with Gasteiger partial charge in [0, 0.05) is 23.7 Å². The molecular weight excluding hydrogens is 266 g/mol. The minimum Gasteiger partial charge on any atom is -0.382 e. The molecule has 1 atom stereocenters. The molecule has 0 amide bonds. The van der Waals surface area contributed by atoms with E-state index in [4.69, 9.17) is 10.5 Å². The summed E-state index contributed by atoms with van der Waals surface area (Å²) < 4.78 is 6.41. The molecule has 2 nitrogen and oxygen atoms in total. The molecule has 1 aromatic rings. The highest BCUT2D eigenvalue weighted by atomic mass is 79.9. The number of rotatable bonds is 7. The summed E-state index contributed by atoms with van der Waals surface area (Å²) in [7, 11) is 0. The maximum absolute atomic E-state index is 6.07. The van der Waals surface area contributed by atoms with Crippen LogP contribution in [0.5, 0.6) is 0 Å². The zero-order valence-corrected chi connectivity index (χ0v) is 11.4. The highest BCUT2D eigenvalue weighted by Gasteiger charge is 2.04. The van der Waals surface area contributed by atoms with E-state index in [1.165, 1.54) is 5.56 Å². The first-order valence-electron chi connectivity index (χ1n) is 5.80. The first kappa shape index (κ1) is 13.7.